The topological polar surface area (TPSA) is 45.2 Å². The first-order valence-electron chi connectivity index (χ1n) is 6.27. The van der Waals surface area contributed by atoms with Crippen molar-refractivity contribution in [2.75, 3.05) is 18.5 Å². The van der Waals surface area contributed by atoms with E-state index in [0.717, 1.165) is 11.2 Å². The number of fused-ring (bicyclic) bond motifs is 1. The molecule has 1 heterocycles. The van der Waals surface area contributed by atoms with Crippen molar-refractivity contribution in [3.8, 4) is 0 Å². The third-order valence-electron chi connectivity index (χ3n) is 3.01. The summed E-state index contributed by atoms with van der Waals surface area (Å²) in [7, 11) is 0. The molecular formula is C15H20N2O. The van der Waals surface area contributed by atoms with Crippen molar-refractivity contribution < 1.29 is 5.11 Å². The summed E-state index contributed by atoms with van der Waals surface area (Å²) in [6.07, 6.45) is 1.93. The fraction of sp³-hybridized carbons (Fsp3) is 0.400. The summed E-state index contributed by atoms with van der Waals surface area (Å²) in [6.45, 7) is 7.20. The second-order valence-corrected chi connectivity index (χ2v) is 5.47. The molecule has 0 fully saturated rings. The van der Waals surface area contributed by atoms with Crippen molar-refractivity contribution in [2.24, 2.45) is 0 Å². The van der Waals surface area contributed by atoms with Crippen molar-refractivity contribution in [3.63, 3.8) is 0 Å². The maximum Gasteiger partial charge on any atom is 0.133 e. The first kappa shape index (κ1) is 12.8. The van der Waals surface area contributed by atoms with Gasteiger partial charge >= 0.3 is 0 Å². The van der Waals surface area contributed by atoms with Crippen LogP contribution >= 0.6 is 0 Å². The third-order valence-corrected chi connectivity index (χ3v) is 3.01. The molecule has 0 atom stereocenters. The van der Waals surface area contributed by atoms with Gasteiger partial charge in [0.2, 0.25) is 0 Å². The Balaban J connectivity index is 2.59. The van der Waals surface area contributed by atoms with Crippen LogP contribution < -0.4 is 5.32 Å². The predicted octanol–water partition coefficient (Wildman–Crippen LogP) is 2.94. The number of benzene rings is 1. The SMILES string of the molecule is CC(C)(C)c1cnc(NCCO)c2ccccc12. The molecule has 0 aliphatic carbocycles. The van der Waals surface area contributed by atoms with Gasteiger partial charge in [0.25, 0.3) is 0 Å². The molecule has 3 nitrogen and oxygen atoms in total. The van der Waals surface area contributed by atoms with Crippen LogP contribution in [0.2, 0.25) is 0 Å². The number of rotatable bonds is 3. The molecule has 0 radical (unpaired) electrons. The Bertz CT molecular complexity index is 544. The summed E-state index contributed by atoms with van der Waals surface area (Å²) in [6, 6.07) is 8.26. The standard InChI is InChI=1S/C15H20N2O/c1-15(2,3)13-10-17-14(16-8-9-18)12-7-5-4-6-11(12)13/h4-7,10,18H,8-9H2,1-3H3,(H,16,17). The Labute approximate surface area is 108 Å². The fourth-order valence-electron chi connectivity index (χ4n) is 2.11. The number of anilines is 1. The maximum atomic E-state index is 8.89. The molecule has 2 N–H and O–H groups in total. The average molecular weight is 244 g/mol. The molecule has 0 unspecified atom stereocenters. The summed E-state index contributed by atoms with van der Waals surface area (Å²) >= 11 is 0. The number of hydrogen-bond acceptors (Lipinski definition) is 3. The van der Waals surface area contributed by atoms with Gasteiger partial charge in [-0.1, -0.05) is 45.0 Å². The van der Waals surface area contributed by atoms with Gasteiger partial charge in [-0.25, -0.2) is 4.98 Å². The summed E-state index contributed by atoms with van der Waals surface area (Å²) in [5.41, 5.74) is 1.31. The number of nitrogens with zero attached hydrogens (tertiary/aromatic N) is 1. The van der Waals surface area contributed by atoms with Crippen LogP contribution in [0.15, 0.2) is 30.5 Å². The van der Waals surface area contributed by atoms with Gasteiger partial charge in [-0.3, -0.25) is 0 Å². The summed E-state index contributed by atoms with van der Waals surface area (Å²) < 4.78 is 0. The van der Waals surface area contributed by atoms with Crippen LogP contribution in [0.1, 0.15) is 26.3 Å². The molecule has 2 rings (SSSR count). The van der Waals surface area contributed by atoms with Crippen LogP contribution in [0.3, 0.4) is 0 Å². The van der Waals surface area contributed by atoms with Gasteiger partial charge in [-0.05, 0) is 16.4 Å². The van der Waals surface area contributed by atoms with Crippen LogP contribution in [0.25, 0.3) is 10.8 Å². The maximum absolute atomic E-state index is 8.89. The quantitative estimate of drug-likeness (QED) is 0.872. The number of pyridine rings is 1. The van der Waals surface area contributed by atoms with Crippen LogP contribution in [-0.2, 0) is 5.41 Å². The Morgan fingerprint density at radius 1 is 1.17 bits per heavy atom. The van der Waals surface area contributed by atoms with E-state index in [1.807, 2.05) is 18.3 Å². The lowest BCUT2D eigenvalue weighted by molar-refractivity contribution is 0.311. The lowest BCUT2D eigenvalue weighted by Gasteiger charge is -2.22. The molecule has 1 aromatic carbocycles. The lowest BCUT2D eigenvalue weighted by Crippen LogP contribution is -2.14. The highest BCUT2D eigenvalue weighted by atomic mass is 16.3. The molecule has 0 saturated heterocycles. The van der Waals surface area contributed by atoms with Crippen LogP contribution in [0.5, 0.6) is 0 Å². The van der Waals surface area contributed by atoms with E-state index < -0.39 is 0 Å². The molecule has 0 spiro atoms. The highest BCUT2D eigenvalue weighted by Gasteiger charge is 2.18. The molecule has 3 heteroatoms. The van der Waals surface area contributed by atoms with E-state index in [0.29, 0.717) is 6.54 Å². The smallest absolute Gasteiger partial charge is 0.133 e. The first-order valence-corrected chi connectivity index (χ1v) is 6.27. The van der Waals surface area contributed by atoms with E-state index in [2.05, 4.69) is 43.2 Å². The zero-order valence-corrected chi connectivity index (χ0v) is 11.2. The Kier molecular flexibility index (Phi) is 3.53. The van der Waals surface area contributed by atoms with Crippen LogP contribution in [-0.4, -0.2) is 23.2 Å². The Morgan fingerprint density at radius 3 is 2.44 bits per heavy atom. The van der Waals surface area contributed by atoms with Gasteiger partial charge in [-0.15, -0.1) is 0 Å². The van der Waals surface area contributed by atoms with E-state index in [-0.39, 0.29) is 12.0 Å². The van der Waals surface area contributed by atoms with Crippen LogP contribution in [0.4, 0.5) is 5.82 Å². The number of aliphatic hydroxyl groups excluding tert-OH is 1. The molecule has 96 valence electrons. The van der Waals surface area contributed by atoms with Gasteiger partial charge in [-0.2, -0.15) is 0 Å². The number of aromatic nitrogens is 1. The minimum atomic E-state index is 0.0715. The summed E-state index contributed by atoms with van der Waals surface area (Å²) in [5.74, 6) is 0.840. The van der Waals surface area contributed by atoms with Crippen molar-refractivity contribution >= 4 is 16.6 Å². The van der Waals surface area contributed by atoms with Crippen molar-refractivity contribution in [3.05, 3.63) is 36.0 Å². The highest BCUT2D eigenvalue weighted by Crippen LogP contribution is 2.32. The van der Waals surface area contributed by atoms with Gasteiger partial charge in [0.05, 0.1) is 6.61 Å². The molecule has 1 aromatic heterocycles. The van der Waals surface area contributed by atoms with E-state index in [1.54, 1.807) is 0 Å². The largest absolute Gasteiger partial charge is 0.395 e. The molecule has 2 aromatic rings. The fourth-order valence-corrected chi connectivity index (χ4v) is 2.11. The average Bonchev–Trinajstić information content (AvgIpc) is 2.34. The summed E-state index contributed by atoms with van der Waals surface area (Å²) in [4.78, 5) is 4.49. The van der Waals surface area contributed by atoms with Gasteiger partial charge in [0.15, 0.2) is 0 Å². The molecule has 0 aliphatic rings. The number of nitrogens with one attached hydrogen (secondary N) is 1. The van der Waals surface area contributed by atoms with Gasteiger partial charge < -0.3 is 10.4 Å². The number of hydrogen-bond donors (Lipinski definition) is 2. The molecule has 0 aliphatic heterocycles. The van der Waals surface area contributed by atoms with Crippen molar-refractivity contribution in [2.45, 2.75) is 26.2 Å². The van der Waals surface area contributed by atoms with E-state index >= 15 is 0 Å². The monoisotopic (exact) mass is 244 g/mol. The first-order chi connectivity index (χ1) is 8.54. The van der Waals surface area contributed by atoms with E-state index in [4.69, 9.17) is 5.11 Å². The van der Waals surface area contributed by atoms with E-state index in [1.165, 1.54) is 10.9 Å². The molecule has 0 saturated carbocycles. The molecule has 0 bridgehead atoms. The predicted molar refractivity (Wildman–Crippen MR) is 76.0 cm³/mol. The van der Waals surface area contributed by atoms with E-state index in [9.17, 15) is 0 Å². The zero-order valence-electron chi connectivity index (χ0n) is 11.2. The third kappa shape index (κ3) is 2.46. The summed E-state index contributed by atoms with van der Waals surface area (Å²) in [5, 5.41) is 14.4. The lowest BCUT2D eigenvalue weighted by atomic mass is 9.85. The normalized spacial score (nSPS) is 11.8. The molecule has 0 amide bonds. The van der Waals surface area contributed by atoms with Crippen molar-refractivity contribution in [1.82, 2.24) is 4.98 Å². The van der Waals surface area contributed by atoms with Gasteiger partial charge in [0, 0.05) is 18.1 Å². The highest BCUT2D eigenvalue weighted by molar-refractivity contribution is 5.94. The minimum Gasteiger partial charge on any atom is -0.395 e. The second kappa shape index (κ2) is 4.94. The number of aliphatic hydroxyl groups is 1. The Hall–Kier alpha value is -1.61. The van der Waals surface area contributed by atoms with Crippen molar-refractivity contribution in [1.29, 1.82) is 0 Å². The van der Waals surface area contributed by atoms with Gasteiger partial charge in [0.1, 0.15) is 5.82 Å². The zero-order chi connectivity index (χ0) is 13.2. The Morgan fingerprint density at radius 2 is 1.83 bits per heavy atom. The second-order valence-electron chi connectivity index (χ2n) is 5.47. The molecule has 18 heavy (non-hydrogen) atoms. The molecular weight excluding hydrogens is 224 g/mol. The minimum absolute atomic E-state index is 0.0715. The van der Waals surface area contributed by atoms with Crippen LogP contribution in [0, 0.1) is 0 Å².